The van der Waals surface area contributed by atoms with Crippen LogP contribution in [0, 0.1) is 6.92 Å². The van der Waals surface area contributed by atoms with Gasteiger partial charge in [0.15, 0.2) is 0 Å². The molecule has 4 rings (SSSR count). The molecule has 1 saturated heterocycles. The topological polar surface area (TPSA) is 111 Å². The molecule has 0 aromatic carbocycles. The van der Waals surface area contributed by atoms with Gasteiger partial charge in [0.05, 0.1) is 12.3 Å². The Morgan fingerprint density at radius 2 is 1.86 bits per heavy atom. The first-order chi connectivity index (χ1) is 16.6. The van der Waals surface area contributed by atoms with Gasteiger partial charge in [0.25, 0.3) is 11.7 Å². The fourth-order valence-electron chi connectivity index (χ4n) is 4.36. The molecule has 0 N–H and O–H groups in total. The molecule has 4 heterocycles. The van der Waals surface area contributed by atoms with Gasteiger partial charge in [-0.3, -0.25) is 14.3 Å². The molecule has 0 unspecified atom stereocenters. The Bertz CT molecular complexity index is 1230. The van der Waals surface area contributed by atoms with E-state index < -0.39 is 0 Å². The third-order valence-corrected chi connectivity index (χ3v) is 6.32. The zero-order valence-corrected chi connectivity index (χ0v) is 21.4. The number of aromatic nitrogens is 6. The maximum atomic E-state index is 13.3. The van der Waals surface area contributed by atoms with Crippen LogP contribution in [0.5, 0.6) is 0 Å². The lowest BCUT2D eigenvalue weighted by Gasteiger charge is -2.37. The highest BCUT2D eigenvalue weighted by Crippen LogP contribution is 2.27. The zero-order valence-electron chi connectivity index (χ0n) is 21.4. The summed E-state index contributed by atoms with van der Waals surface area (Å²) in [4.78, 5) is 38.2. The SMILES string of the molecule is CCOC(=O)CCc1c(C)nc2ncnn2c1N1CCN(C(=O)c2cc(C(C)(C)C)nn2C)CC1. The molecule has 35 heavy (non-hydrogen) atoms. The van der Waals surface area contributed by atoms with E-state index in [1.54, 1.807) is 16.1 Å². The van der Waals surface area contributed by atoms with Gasteiger partial charge >= 0.3 is 5.97 Å². The molecular formula is C24H34N8O3. The standard InChI is InChI=1S/C24H34N8O3/c1-7-35-20(33)9-8-17-16(2)27-23-25-15-26-32(23)21(17)30-10-12-31(13-11-30)22(34)18-14-19(24(3,4)5)28-29(18)6/h14-15H,7-13H2,1-6H3. The van der Waals surface area contributed by atoms with Gasteiger partial charge in [0.2, 0.25) is 0 Å². The van der Waals surface area contributed by atoms with Gasteiger partial charge in [-0.2, -0.15) is 19.7 Å². The minimum Gasteiger partial charge on any atom is -0.466 e. The van der Waals surface area contributed by atoms with Crippen molar-refractivity contribution in [2.24, 2.45) is 7.05 Å². The summed E-state index contributed by atoms with van der Waals surface area (Å²) < 4.78 is 8.52. The molecule has 0 atom stereocenters. The average Bonchev–Trinajstić information content (AvgIpc) is 3.43. The third-order valence-electron chi connectivity index (χ3n) is 6.32. The molecule has 0 saturated carbocycles. The average molecular weight is 483 g/mol. The lowest BCUT2D eigenvalue weighted by atomic mass is 9.92. The van der Waals surface area contributed by atoms with Crippen molar-refractivity contribution in [1.82, 2.24) is 34.3 Å². The molecule has 1 aliphatic rings. The van der Waals surface area contributed by atoms with Gasteiger partial charge in [0, 0.05) is 56.3 Å². The summed E-state index contributed by atoms with van der Waals surface area (Å²) in [6, 6.07) is 1.90. The first-order valence-electron chi connectivity index (χ1n) is 12.0. The molecule has 3 aromatic heterocycles. The number of aryl methyl sites for hydroxylation is 2. The fourth-order valence-corrected chi connectivity index (χ4v) is 4.36. The van der Waals surface area contributed by atoms with Crippen molar-refractivity contribution in [2.45, 2.75) is 52.9 Å². The minimum absolute atomic E-state index is 0.0190. The Balaban J connectivity index is 1.54. The molecule has 11 heteroatoms. The van der Waals surface area contributed by atoms with Crippen molar-refractivity contribution < 1.29 is 14.3 Å². The number of hydrogen-bond donors (Lipinski definition) is 0. The molecule has 0 bridgehead atoms. The maximum Gasteiger partial charge on any atom is 0.306 e. The highest BCUT2D eigenvalue weighted by atomic mass is 16.5. The summed E-state index contributed by atoms with van der Waals surface area (Å²) in [5.41, 5.74) is 3.12. The summed E-state index contributed by atoms with van der Waals surface area (Å²) in [5, 5.41) is 8.94. The number of carbonyl (C=O) groups is 2. The minimum atomic E-state index is -0.238. The highest BCUT2D eigenvalue weighted by molar-refractivity contribution is 5.93. The Morgan fingerprint density at radius 1 is 1.14 bits per heavy atom. The number of rotatable bonds is 6. The smallest absolute Gasteiger partial charge is 0.306 e. The molecule has 3 aromatic rings. The second-order valence-electron chi connectivity index (χ2n) is 9.84. The van der Waals surface area contributed by atoms with E-state index in [4.69, 9.17) is 4.74 Å². The maximum absolute atomic E-state index is 13.3. The predicted octanol–water partition coefficient (Wildman–Crippen LogP) is 1.92. The van der Waals surface area contributed by atoms with E-state index in [0.717, 1.165) is 22.8 Å². The third kappa shape index (κ3) is 4.98. The van der Waals surface area contributed by atoms with Gasteiger partial charge in [-0.15, -0.1) is 0 Å². The number of carbonyl (C=O) groups excluding carboxylic acids is 2. The summed E-state index contributed by atoms with van der Waals surface area (Å²) in [5.74, 6) is 1.13. The monoisotopic (exact) mass is 482 g/mol. The first kappa shape index (κ1) is 24.6. The van der Waals surface area contributed by atoms with Crippen LogP contribution < -0.4 is 4.90 Å². The number of piperazine rings is 1. The fraction of sp³-hybridized carbons (Fsp3) is 0.583. The molecule has 1 fully saturated rings. The quantitative estimate of drug-likeness (QED) is 0.490. The van der Waals surface area contributed by atoms with Crippen molar-refractivity contribution >= 4 is 23.5 Å². The van der Waals surface area contributed by atoms with E-state index >= 15 is 0 Å². The van der Waals surface area contributed by atoms with Crippen molar-refractivity contribution in [3.63, 3.8) is 0 Å². The van der Waals surface area contributed by atoms with Gasteiger partial charge in [-0.05, 0) is 26.3 Å². The van der Waals surface area contributed by atoms with Gasteiger partial charge in [-0.1, -0.05) is 20.8 Å². The number of hydrogen-bond acceptors (Lipinski definition) is 8. The summed E-state index contributed by atoms with van der Waals surface area (Å²) in [6.45, 7) is 12.7. The molecule has 0 spiro atoms. The second kappa shape index (κ2) is 9.63. The first-order valence-corrected chi connectivity index (χ1v) is 12.0. The lowest BCUT2D eigenvalue weighted by Crippen LogP contribution is -2.50. The van der Waals surface area contributed by atoms with Crippen molar-refractivity contribution in [2.75, 3.05) is 37.7 Å². The summed E-state index contributed by atoms with van der Waals surface area (Å²) >= 11 is 0. The van der Waals surface area contributed by atoms with Gasteiger partial charge in [0.1, 0.15) is 17.8 Å². The molecule has 1 amide bonds. The van der Waals surface area contributed by atoms with Crippen LogP contribution in [-0.2, 0) is 28.4 Å². The Morgan fingerprint density at radius 3 is 2.49 bits per heavy atom. The van der Waals surface area contributed by atoms with Crippen LogP contribution in [0.15, 0.2) is 12.4 Å². The number of esters is 1. The van der Waals surface area contributed by atoms with Gasteiger partial charge in [-0.25, -0.2) is 4.98 Å². The molecular weight excluding hydrogens is 448 g/mol. The van der Waals surface area contributed by atoms with Crippen LogP contribution >= 0.6 is 0 Å². The van der Waals surface area contributed by atoms with E-state index in [-0.39, 0.29) is 23.7 Å². The van der Waals surface area contributed by atoms with Crippen LogP contribution in [0.25, 0.3) is 5.78 Å². The molecule has 0 aliphatic carbocycles. The number of nitrogens with zero attached hydrogens (tertiary/aromatic N) is 8. The molecule has 11 nitrogen and oxygen atoms in total. The van der Waals surface area contributed by atoms with Gasteiger partial charge < -0.3 is 14.5 Å². The van der Waals surface area contributed by atoms with Crippen molar-refractivity contribution in [3.05, 3.63) is 35.0 Å². The zero-order chi connectivity index (χ0) is 25.3. The van der Waals surface area contributed by atoms with Crippen LogP contribution in [0.3, 0.4) is 0 Å². The van der Waals surface area contributed by atoms with E-state index in [1.165, 1.54) is 6.33 Å². The van der Waals surface area contributed by atoms with Crippen molar-refractivity contribution in [3.8, 4) is 0 Å². The van der Waals surface area contributed by atoms with Crippen LogP contribution in [0.1, 0.15) is 61.6 Å². The number of anilines is 1. The van der Waals surface area contributed by atoms with E-state index in [9.17, 15) is 9.59 Å². The summed E-state index contributed by atoms with van der Waals surface area (Å²) in [7, 11) is 1.82. The molecule has 188 valence electrons. The van der Waals surface area contributed by atoms with Crippen molar-refractivity contribution in [1.29, 1.82) is 0 Å². The highest BCUT2D eigenvalue weighted by Gasteiger charge is 2.29. The summed E-state index contributed by atoms with van der Waals surface area (Å²) in [6.07, 6.45) is 2.24. The normalized spacial score (nSPS) is 14.6. The van der Waals surface area contributed by atoms with E-state index in [1.807, 2.05) is 24.9 Å². The molecule has 0 radical (unpaired) electrons. The van der Waals surface area contributed by atoms with Crippen LogP contribution in [0.4, 0.5) is 5.82 Å². The van der Waals surface area contributed by atoms with E-state index in [0.29, 0.717) is 50.7 Å². The largest absolute Gasteiger partial charge is 0.466 e. The van der Waals surface area contributed by atoms with Crippen LogP contribution in [0.2, 0.25) is 0 Å². The Kier molecular flexibility index (Phi) is 6.77. The Labute approximate surface area is 205 Å². The number of ether oxygens (including phenoxy) is 1. The predicted molar refractivity (Wildman–Crippen MR) is 130 cm³/mol. The number of amides is 1. The lowest BCUT2D eigenvalue weighted by molar-refractivity contribution is -0.143. The van der Waals surface area contributed by atoms with E-state index in [2.05, 4.69) is 45.8 Å². The van der Waals surface area contributed by atoms with Crippen LogP contribution in [-0.4, -0.2) is 78.9 Å². The number of fused-ring (bicyclic) bond motifs is 1. The Hall–Kier alpha value is -3.50. The molecule has 1 aliphatic heterocycles. The second-order valence-corrected chi connectivity index (χ2v) is 9.84.